The van der Waals surface area contributed by atoms with E-state index in [0.717, 1.165) is 21.3 Å². The lowest BCUT2D eigenvalue weighted by Gasteiger charge is -2.20. The predicted molar refractivity (Wildman–Crippen MR) is 107 cm³/mol. The average molecular weight is 412 g/mol. The van der Waals surface area contributed by atoms with Crippen LogP contribution in [0, 0.1) is 12.7 Å². The first kappa shape index (κ1) is 18.3. The molecular weight excluding hydrogens is 393 g/mol. The second kappa shape index (κ2) is 8.28. The molecule has 1 N–H and O–H groups in total. The zero-order valence-electron chi connectivity index (χ0n) is 14.4. The highest BCUT2D eigenvalue weighted by Gasteiger charge is 2.17. The van der Waals surface area contributed by atoms with Crippen molar-refractivity contribution in [3.05, 3.63) is 99.8 Å². The van der Waals surface area contributed by atoms with E-state index in [2.05, 4.69) is 21.2 Å². The number of nitrogens with one attached hydrogen (secondary N) is 1. The fraction of sp³-hybridized carbons (Fsp3) is 0.136. The number of benzene rings is 3. The zero-order valence-corrected chi connectivity index (χ0v) is 16.0. The Hall–Kier alpha value is -2.46. The Bertz CT molecular complexity index is 891. The van der Waals surface area contributed by atoms with Crippen molar-refractivity contribution in [2.45, 2.75) is 19.4 Å². The number of halogens is 2. The fourth-order valence-corrected chi connectivity index (χ4v) is 3.09. The number of hydrogen-bond donors (Lipinski definition) is 1. The van der Waals surface area contributed by atoms with Gasteiger partial charge in [0.25, 0.3) is 0 Å². The lowest BCUT2D eigenvalue weighted by atomic mass is 9.97. The van der Waals surface area contributed by atoms with Crippen LogP contribution >= 0.6 is 15.9 Å². The molecule has 0 aliphatic rings. The van der Waals surface area contributed by atoms with Crippen LogP contribution in [0.4, 0.5) is 10.1 Å². The van der Waals surface area contributed by atoms with Crippen molar-refractivity contribution in [1.82, 2.24) is 0 Å². The number of hydrogen-bond acceptors (Lipinski definition) is 2. The lowest BCUT2D eigenvalue weighted by molar-refractivity contribution is 0.0976. The summed E-state index contributed by atoms with van der Waals surface area (Å²) in [5.41, 5.74) is 3.64. The van der Waals surface area contributed by atoms with Gasteiger partial charge in [0.1, 0.15) is 5.82 Å². The van der Waals surface area contributed by atoms with Crippen LogP contribution < -0.4 is 5.32 Å². The minimum atomic E-state index is -0.344. The van der Waals surface area contributed by atoms with Crippen LogP contribution in [-0.2, 0) is 0 Å². The van der Waals surface area contributed by atoms with E-state index < -0.39 is 0 Å². The standard InChI is InChI=1S/C22H19BrFNO/c1-15-3-2-4-20(13-15)25-21(16-5-9-18(23)10-6-16)14-22(26)17-7-11-19(24)12-8-17/h2-13,21,25H,14H2,1H3. The molecule has 1 unspecified atom stereocenters. The largest absolute Gasteiger partial charge is 0.378 e. The maximum atomic E-state index is 13.1. The second-order valence-corrected chi connectivity index (χ2v) is 7.17. The van der Waals surface area contributed by atoms with Crippen LogP contribution in [0.5, 0.6) is 0 Å². The Kier molecular flexibility index (Phi) is 5.84. The molecule has 0 aliphatic carbocycles. The predicted octanol–water partition coefficient (Wildman–Crippen LogP) is 6.32. The average Bonchev–Trinajstić information content (AvgIpc) is 2.62. The number of carbonyl (C=O) groups is 1. The summed E-state index contributed by atoms with van der Waals surface area (Å²) in [6.45, 7) is 2.03. The Morgan fingerprint density at radius 3 is 2.38 bits per heavy atom. The first-order valence-corrected chi connectivity index (χ1v) is 9.18. The summed E-state index contributed by atoms with van der Waals surface area (Å²) in [7, 11) is 0. The van der Waals surface area contributed by atoms with Gasteiger partial charge in [0.05, 0.1) is 6.04 Å². The van der Waals surface area contributed by atoms with E-state index >= 15 is 0 Å². The molecule has 0 aliphatic heterocycles. The van der Waals surface area contributed by atoms with E-state index in [0.29, 0.717) is 5.56 Å². The van der Waals surface area contributed by atoms with Gasteiger partial charge in [-0.2, -0.15) is 0 Å². The molecule has 0 saturated heterocycles. The molecule has 0 amide bonds. The summed E-state index contributed by atoms with van der Waals surface area (Å²) < 4.78 is 14.1. The number of rotatable bonds is 6. The fourth-order valence-electron chi connectivity index (χ4n) is 2.82. The second-order valence-electron chi connectivity index (χ2n) is 6.25. The van der Waals surface area contributed by atoms with Gasteiger partial charge in [0.15, 0.2) is 5.78 Å². The smallest absolute Gasteiger partial charge is 0.165 e. The van der Waals surface area contributed by atoms with Crippen LogP contribution in [-0.4, -0.2) is 5.78 Å². The molecule has 4 heteroatoms. The molecule has 132 valence electrons. The van der Waals surface area contributed by atoms with Gasteiger partial charge >= 0.3 is 0 Å². The van der Waals surface area contributed by atoms with Crippen molar-refractivity contribution in [1.29, 1.82) is 0 Å². The van der Waals surface area contributed by atoms with E-state index in [1.54, 1.807) is 0 Å². The molecule has 3 aromatic rings. The minimum absolute atomic E-state index is 0.0296. The first-order valence-electron chi connectivity index (χ1n) is 8.39. The molecule has 0 fully saturated rings. The highest BCUT2D eigenvalue weighted by Crippen LogP contribution is 2.26. The van der Waals surface area contributed by atoms with E-state index in [-0.39, 0.29) is 24.1 Å². The maximum absolute atomic E-state index is 13.1. The number of aryl methyl sites for hydroxylation is 1. The van der Waals surface area contributed by atoms with Crippen molar-refractivity contribution >= 4 is 27.4 Å². The molecule has 0 radical (unpaired) electrons. The highest BCUT2D eigenvalue weighted by atomic mass is 79.9. The molecule has 3 aromatic carbocycles. The third-order valence-electron chi connectivity index (χ3n) is 4.19. The highest BCUT2D eigenvalue weighted by molar-refractivity contribution is 9.10. The summed E-state index contributed by atoms with van der Waals surface area (Å²) in [5, 5.41) is 3.46. The minimum Gasteiger partial charge on any atom is -0.378 e. The van der Waals surface area contributed by atoms with Crippen LogP contribution in [0.25, 0.3) is 0 Å². The van der Waals surface area contributed by atoms with Crippen molar-refractivity contribution in [3.63, 3.8) is 0 Å². The van der Waals surface area contributed by atoms with E-state index in [1.165, 1.54) is 24.3 Å². The van der Waals surface area contributed by atoms with E-state index in [4.69, 9.17) is 0 Å². The molecule has 2 nitrogen and oxygen atoms in total. The summed E-state index contributed by atoms with van der Waals surface area (Å²) in [6, 6.07) is 21.5. The van der Waals surface area contributed by atoms with Gasteiger partial charge in [-0.05, 0) is 66.6 Å². The third-order valence-corrected chi connectivity index (χ3v) is 4.72. The van der Waals surface area contributed by atoms with Crippen molar-refractivity contribution in [2.24, 2.45) is 0 Å². The van der Waals surface area contributed by atoms with Crippen LogP contribution in [0.2, 0.25) is 0 Å². The topological polar surface area (TPSA) is 29.1 Å². The number of Topliss-reactive ketones (excluding diaryl/α,β-unsaturated/α-hetero) is 1. The third kappa shape index (κ3) is 4.79. The van der Waals surface area contributed by atoms with Crippen LogP contribution in [0.3, 0.4) is 0 Å². The lowest BCUT2D eigenvalue weighted by Crippen LogP contribution is -2.16. The summed E-state index contributed by atoms with van der Waals surface area (Å²) in [4.78, 5) is 12.7. The molecule has 0 bridgehead atoms. The summed E-state index contributed by atoms with van der Waals surface area (Å²) in [6.07, 6.45) is 0.279. The van der Waals surface area contributed by atoms with Crippen molar-refractivity contribution in [2.75, 3.05) is 5.32 Å². The summed E-state index contributed by atoms with van der Waals surface area (Å²) in [5.74, 6) is -0.373. The Balaban J connectivity index is 1.85. The van der Waals surface area contributed by atoms with Gasteiger partial charge in [-0.15, -0.1) is 0 Å². The molecule has 1 atom stereocenters. The molecular formula is C22H19BrFNO. The van der Waals surface area contributed by atoms with Gasteiger partial charge in [-0.1, -0.05) is 40.2 Å². The van der Waals surface area contributed by atoms with Gasteiger partial charge in [-0.25, -0.2) is 4.39 Å². The Morgan fingerprint density at radius 2 is 1.73 bits per heavy atom. The number of ketones is 1. The van der Waals surface area contributed by atoms with Gasteiger partial charge in [0, 0.05) is 22.1 Å². The van der Waals surface area contributed by atoms with Gasteiger partial charge in [0.2, 0.25) is 0 Å². The van der Waals surface area contributed by atoms with E-state index in [9.17, 15) is 9.18 Å². The Labute approximate surface area is 161 Å². The summed E-state index contributed by atoms with van der Waals surface area (Å²) >= 11 is 3.44. The Morgan fingerprint density at radius 1 is 1.04 bits per heavy atom. The number of anilines is 1. The van der Waals surface area contributed by atoms with Crippen molar-refractivity contribution < 1.29 is 9.18 Å². The molecule has 3 rings (SSSR count). The quantitative estimate of drug-likeness (QED) is 0.480. The van der Waals surface area contributed by atoms with Crippen molar-refractivity contribution in [3.8, 4) is 0 Å². The van der Waals surface area contributed by atoms with Gasteiger partial charge < -0.3 is 5.32 Å². The first-order chi connectivity index (χ1) is 12.5. The van der Waals surface area contributed by atoms with E-state index in [1.807, 2.05) is 55.5 Å². The molecule has 0 heterocycles. The monoisotopic (exact) mass is 411 g/mol. The molecule has 0 spiro atoms. The molecule has 0 aromatic heterocycles. The van der Waals surface area contributed by atoms with Crippen LogP contribution in [0.15, 0.2) is 77.3 Å². The normalized spacial score (nSPS) is 11.8. The molecule has 26 heavy (non-hydrogen) atoms. The zero-order chi connectivity index (χ0) is 18.5. The SMILES string of the molecule is Cc1cccc(NC(CC(=O)c2ccc(F)cc2)c2ccc(Br)cc2)c1. The van der Waals surface area contributed by atoms with Gasteiger partial charge in [-0.3, -0.25) is 4.79 Å². The van der Waals surface area contributed by atoms with Crippen LogP contribution in [0.1, 0.15) is 33.9 Å². The molecule has 0 saturated carbocycles. The number of carbonyl (C=O) groups excluding carboxylic acids is 1. The maximum Gasteiger partial charge on any atom is 0.165 e.